The van der Waals surface area contributed by atoms with E-state index in [-0.39, 0.29) is 17.2 Å². The standard InChI is InChI=1S/C27H23FN2O6/c1-15(34-17-9-7-16(28)8-10-17)27(31)35-18-11-12-19-23(13-18)36-26(30)21(14-29)24(19)20-5-4-6-22(32-2)25(20)33-3/h4-13,15,24H,30H2,1-3H3. The Morgan fingerprint density at radius 2 is 1.78 bits per heavy atom. The van der Waals surface area contributed by atoms with Crippen LogP contribution in [-0.4, -0.2) is 26.3 Å². The maximum atomic E-state index is 13.1. The molecule has 184 valence electrons. The predicted octanol–water partition coefficient (Wildman–Crippen LogP) is 4.43. The number of fused-ring (bicyclic) bond motifs is 1. The average molecular weight is 490 g/mol. The number of carbonyl (C=O) groups excluding carboxylic acids is 1. The van der Waals surface area contributed by atoms with Gasteiger partial charge in [-0.15, -0.1) is 0 Å². The van der Waals surface area contributed by atoms with E-state index in [0.29, 0.717) is 34.1 Å². The Kier molecular flexibility index (Phi) is 6.97. The molecule has 8 nitrogen and oxygen atoms in total. The van der Waals surface area contributed by atoms with Crippen LogP contribution in [0.2, 0.25) is 0 Å². The molecule has 0 aromatic heterocycles. The Labute approximate surface area is 207 Å². The molecule has 2 N–H and O–H groups in total. The molecule has 0 aliphatic carbocycles. The van der Waals surface area contributed by atoms with Crippen molar-refractivity contribution in [1.82, 2.24) is 0 Å². The minimum Gasteiger partial charge on any atom is -0.493 e. The summed E-state index contributed by atoms with van der Waals surface area (Å²) in [5, 5.41) is 9.84. The first-order chi connectivity index (χ1) is 17.4. The Balaban J connectivity index is 1.63. The van der Waals surface area contributed by atoms with Gasteiger partial charge in [0, 0.05) is 17.2 Å². The van der Waals surface area contributed by atoms with Crippen LogP contribution in [0.4, 0.5) is 4.39 Å². The average Bonchev–Trinajstić information content (AvgIpc) is 2.88. The van der Waals surface area contributed by atoms with Crippen LogP contribution < -0.4 is 29.4 Å². The maximum Gasteiger partial charge on any atom is 0.352 e. The Morgan fingerprint density at radius 1 is 1.06 bits per heavy atom. The molecule has 0 spiro atoms. The number of para-hydroxylation sites is 1. The normalized spacial score (nSPS) is 15.1. The summed E-state index contributed by atoms with van der Waals surface area (Å²) in [5.74, 6) is 0.0425. The highest BCUT2D eigenvalue weighted by Gasteiger charge is 2.34. The minimum atomic E-state index is -0.962. The van der Waals surface area contributed by atoms with Gasteiger partial charge >= 0.3 is 5.97 Å². The first kappa shape index (κ1) is 24.4. The molecule has 4 rings (SSSR count). The van der Waals surface area contributed by atoms with Gasteiger partial charge in [0.15, 0.2) is 17.6 Å². The van der Waals surface area contributed by atoms with Crippen molar-refractivity contribution in [3.8, 4) is 34.8 Å². The lowest BCUT2D eigenvalue weighted by Crippen LogP contribution is -2.28. The topological polar surface area (TPSA) is 113 Å². The van der Waals surface area contributed by atoms with Crippen molar-refractivity contribution < 1.29 is 32.9 Å². The highest BCUT2D eigenvalue weighted by molar-refractivity contribution is 5.77. The summed E-state index contributed by atoms with van der Waals surface area (Å²) in [6.07, 6.45) is -0.962. The summed E-state index contributed by atoms with van der Waals surface area (Å²) in [4.78, 5) is 12.6. The molecule has 1 aliphatic heterocycles. The van der Waals surface area contributed by atoms with Crippen LogP contribution in [0.5, 0.6) is 28.7 Å². The van der Waals surface area contributed by atoms with E-state index in [1.165, 1.54) is 51.5 Å². The molecule has 1 heterocycles. The summed E-state index contributed by atoms with van der Waals surface area (Å²) < 4.78 is 40.8. The third-order valence-electron chi connectivity index (χ3n) is 5.61. The van der Waals surface area contributed by atoms with Gasteiger partial charge in [-0.2, -0.15) is 5.26 Å². The lowest BCUT2D eigenvalue weighted by molar-refractivity contribution is -0.141. The Morgan fingerprint density at radius 3 is 2.44 bits per heavy atom. The third kappa shape index (κ3) is 4.74. The molecule has 3 aromatic rings. The molecule has 0 radical (unpaired) electrons. The number of nitriles is 1. The highest BCUT2D eigenvalue weighted by atomic mass is 19.1. The van der Waals surface area contributed by atoms with Crippen molar-refractivity contribution in [2.45, 2.75) is 18.9 Å². The van der Waals surface area contributed by atoms with Crippen molar-refractivity contribution in [1.29, 1.82) is 5.26 Å². The number of benzene rings is 3. The molecule has 3 aromatic carbocycles. The quantitative estimate of drug-likeness (QED) is 0.382. The van der Waals surface area contributed by atoms with Crippen LogP contribution in [0, 0.1) is 17.1 Å². The van der Waals surface area contributed by atoms with E-state index in [9.17, 15) is 14.4 Å². The molecule has 1 aliphatic rings. The van der Waals surface area contributed by atoms with E-state index in [4.69, 9.17) is 29.4 Å². The van der Waals surface area contributed by atoms with Crippen LogP contribution in [-0.2, 0) is 4.79 Å². The largest absolute Gasteiger partial charge is 0.493 e. The van der Waals surface area contributed by atoms with Crippen molar-refractivity contribution in [2.24, 2.45) is 5.73 Å². The van der Waals surface area contributed by atoms with Gasteiger partial charge in [0.25, 0.3) is 0 Å². The van der Waals surface area contributed by atoms with Gasteiger partial charge in [-0.1, -0.05) is 18.2 Å². The number of hydrogen-bond donors (Lipinski definition) is 1. The van der Waals surface area contributed by atoms with E-state index >= 15 is 0 Å². The van der Waals surface area contributed by atoms with Gasteiger partial charge in [0.2, 0.25) is 5.88 Å². The molecule has 0 amide bonds. The summed E-state index contributed by atoms with van der Waals surface area (Å²) in [6, 6.07) is 17.6. The number of nitrogens with zero attached hydrogens (tertiary/aromatic N) is 1. The smallest absolute Gasteiger partial charge is 0.352 e. The third-order valence-corrected chi connectivity index (χ3v) is 5.61. The fraction of sp³-hybridized carbons (Fsp3) is 0.185. The first-order valence-corrected chi connectivity index (χ1v) is 10.9. The predicted molar refractivity (Wildman–Crippen MR) is 127 cm³/mol. The first-order valence-electron chi connectivity index (χ1n) is 10.9. The second-order valence-electron chi connectivity index (χ2n) is 7.84. The summed E-state index contributed by atoms with van der Waals surface area (Å²) in [5.41, 5.74) is 7.59. The molecule has 2 atom stereocenters. The summed E-state index contributed by atoms with van der Waals surface area (Å²) in [6.45, 7) is 1.52. The second kappa shape index (κ2) is 10.3. The number of nitrogens with two attached hydrogens (primary N) is 1. The van der Waals surface area contributed by atoms with Crippen LogP contribution in [0.1, 0.15) is 24.0 Å². The zero-order chi connectivity index (χ0) is 25.8. The van der Waals surface area contributed by atoms with Crippen LogP contribution in [0.3, 0.4) is 0 Å². The zero-order valence-electron chi connectivity index (χ0n) is 19.8. The molecule has 9 heteroatoms. The van der Waals surface area contributed by atoms with Crippen molar-refractivity contribution in [3.63, 3.8) is 0 Å². The second-order valence-corrected chi connectivity index (χ2v) is 7.84. The van der Waals surface area contributed by atoms with Crippen LogP contribution in [0.15, 0.2) is 72.1 Å². The number of allylic oxidation sites excluding steroid dienone is 1. The highest BCUT2D eigenvalue weighted by Crippen LogP contribution is 2.47. The van der Waals surface area contributed by atoms with Gasteiger partial charge in [-0.05, 0) is 43.3 Å². The van der Waals surface area contributed by atoms with E-state index in [2.05, 4.69) is 6.07 Å². The van der Waals surface area contributed by atoms with Gasteiger partial charge in [0.1, 0.15) is 34.7 Å². The molecule has 0 saturated carbocycles. The van der Waals surface area contributed by atoms with Crippen molar-refractivity contribution >= 4 is 5.97 Å². The fourth-order valence-corrected chi connectivity index (χ4v) is 3.92. The molecule has 0 bridgehead atoms. The van der Waals surface area contributed by atoms with E-state index in [1.807, 2.05) is 6.07 Å². The van der Waals surface area contributed by atoms with E-state index < -0.39 is 23.8 Å². The van der Waals surface area contributed by atoms with E-state index in [1.54, 1.807) is 24.3 Å². The maximum absolute atomic E-state index is 13.1. The number of hydrogen-bond acceptors (Lipinski definition) is 8. The lowest BCUT2D eigenvalue weighted by atomic mass is 9.83. The molecule has 0 saturated heterocycles. The lowest BCUT2D eigenvalue weighted by Gasteiger charge is -2.28. The fourth-order valence-electron chi connectivity index (χ4n) is 3.92. The van der Waals surface area contributed by atoms with Gasteiger partial charge in [0.05, 0.1) is 20.1 Å². The minimum absolute atomic E-state index is 0.0728. The van der Waals surface area contributed by atoms with Crippen LogP contribution in [0.25, 0.3) is 0 Å². The van der Waals surface area contributed by atoms with Gasteiger partial charge in [-0.25, -0.2) is 9.18 Å². The molecular weight excluding hydrogens is 467 g/mol. The van der Waals surface area contributed by atoms with E-state index in [0.717, 1.165) is 0 Å². The van der Waals surface area contributed by atoms with Crippen LogP contribution >= 0.6 is 0 Å². The van der Waals surface area contributed by atoms with Gasteiger partial charge < -0.3 is 29.4 Å². The molecule has 36 heavy (non-hydrogen) atoms. The molecule has 2 unspecified atom stereocenters. The Hall–Kier alpha value is -4.71. The number of methoxy groups -OCH3 is 2. The number of rotatable bonds is 7. The number of halogens is 1. The molecule has 0 fully saturated rings. The van der Waals surface area contributed by atoms with Crippen molar-refractivity contribution in [3.05, 3.63) is 89.1 Å². The summed E-state index contributed by atoms with van der Waals surface area (Å²) in [7, 11) is 3.04. The number of ether oxygens (including phenoxy) is 5. The monoisotopic (exact) mass is 490 g/mol. The number of esters is 1. The Bertz CT molecular complexity index is 1360. The molecular formula is C27H23FN2O6. The van der Waals surface area contributed by atoms with Gasteiger partial charge in [-0.3, -0.25) is 0 Å². The SMILES string of the molecule is COc1cccc(C2C(C#N)=C(N)Oc3cc(OC(=O)C(C)Oc4ccc(F)cc4)ccc32)c1OC. The summed E-state index contributed by atoms with van der Waals surface area (Å²) >= 11 is 0. The van der Waals surface area contributed by atoms with Crippen molar-refractivity contribution in [2.75, 3.05) is 14.2 Å². The number of carbonyl (C=O) groups is 1. The zero-order valence-corrected chi connectivity index (χ0v) is 19.8.